The van der Waals surface area contributed by atoms with Crippen molar-refractivity contribution in [3.05, 3.63) is 29.8 Å². The van der Waals surface area contributed by atoms with Gasteiger partial charge in [0.2, 0.25) is 0 Å². The first-order valence-electron chi connectivity index (χ1n) is 6.60. The second-order valence-corrected chi connectivity index (χ2v) is 4.27. The Hall–Kier alpha value is -2.02. The molecule has 4 heteroatoms. The molecule has 0 amide bonds. The number of benzene rings is 1. The third-order valence-corrected chi connectivity index (χ3v) is 2.73. The number of anilines is 1. The van der Waals surface area contributed by atoms with E-state index in [0.29, 0.717) is 13.0 Å². The summed E-state index contributed by atoms with van der Waals surface area (Å²) in [4.78, 5) is 11.8. The fourth-order valence-electron chi connectivity index (χ4n) is 1.79. The van der Waals surface area contributed by atoms with Crippen molar-refractivity contribution in [1.82, 2.24) is 0 Å². The third-order valence-electron chi connectivity index (χ3n) is 2.73. The van der Waals surface area contributed by atoms with Crippen LogP contribution in [0.1, 0.15) is 32.3 Å². The zero-order chi connectivity index (χ0) is 14.1. The van der Waals surface area contributed by atoms with Gasteiger partial charge in [-0.2, -0.15) is 5.26 Å². The van der Waals surface area contributed by atoms with Gasteiger partial charge in [0, 0.05) is 5.69 Å². The lowest BCUT2D eigenvalue weighted by molar-refractivity contribution is -0.144. The molecular weight excluding hydrogens is 240 g/mol. The van der Waals surface area contributed by atoms with Gasteiger partial charge in [-0.25, -0.2) is 4.79 Å². The van der Waals surface area contributed by atoms with Crippen molar-refractivity contribution < 1.29 is 9.53 Å². The molecule has 102 valence electrons. The van der Waals surface area contributed by atoms with E-state index in [1.54, 1.807) is 6.92 Å². The molecule has 1 aromatic carbocycles. The van der Waals surface area contributed by atoms with Gasteiger partial charge in [-0.1, -0.05) is 25.5 Å². The van der Waals surface area contributed by atoms with E-state index in [0.717, 1.165) is 24.1 Å². The summed E-state index contributed by atoms with van der Waals surface area (Å²) in [5.74, 6) is -0.217. The Balaban J connectivity index is 2.68. The number of hydrogen-bond donors (Lipinski definition) is 1. The molecule has 0 fully saturated rings. The Labute approximate surface area is 114 Å². The second-order valence-electron chi connectivity index (χ2n) is 4.27. The first kappa shape index (κ1) is 15.0. The molecular formula is C15H20N2O2. The summed E-state index contributed by atoms with van der Waals surface area (Å²) in [7, 11) is 0. The van der Waals surface area contributed by atoms with Gasteiger partial charge in [-0.05, 0) is 31.0 Å². The van der Waals surface area contributed by atoms with E-state index in [1.165, 1.54) is 0 Å². The van der Waals surface area contributed by atoms with Crippen LogP contribution in [0.2, 0.25) is 0 Å². The van der Waals surface area contributed by atoms with Crippen LogP contribution >= 0.6 is 0 Å². The minimum absolute atomic E-state index is 0.217. The van der Waals surface area contributed by atoms with E-state index in [4.69, 9.17) is 10.00 Å². The van der Waals surface area contributed by atoms with Gasteiger partial charge in [0.15, 0.2) is 0 Å². The Kier molecular flexibility index (Phi) is 6.45. The molecule has 0 aliphatic carbocycles. The molecule has 0 spiro atoms. The van der Waals surface area contributed by atoms with E-state index in [9.17, 15) is 4.79 Å². The van der Waals surface area contributed by atoms with Crippen molar-refractivity contribution in [2.75, 3.05) is 11.9 Å². The average Bonchev–Trinajstić information content (AvgIpc) is 2.41. The predicted molar refractivity (Wildman–Crippen MR) is 74.7 cm³/mol. The van der Waals surface area contributed by atoms with Gasteiger partial charge in [0.05, 0.1) is 19.1 Å². The van der Waals surface area contributed by atoms with Crippen LogP contribution in [0.15, 0.2) is 24.3 Å². The van der Waals surface area contributed by atoms with Crippen molar-refractivity contribution in [3.63, 3.8) is 0 Å². The molecule has 1 aromatic rings. The van der Waals surface area contributed by atoms with Crippen LogP contribution in [0, 0.1) is 11.3 Å². The number of esters is 1. The van der Waals surface area contributed by atoms with Crippen LogP contribution in [0.4, 0.5) is 5.69 Å². The fraction of sp³-hybridized carbons (Fsp3) is 0.467. The first-order valence-corrected chi connectivity index (χ1v) is 6.60. The summed E-state index contributed by atoms with van der Waals surface area (Å²) >= 11 is 0. The fourth-order valence-corrected chi connectivity index (χ4v) is 1.79. The highest BCUT2D eigenvalue weighted by molar-refractivity contribution is 5.79. The van der Waals surface area contributed by atoms with Crippen molar-refractivity contribution in [3.8, 4) is 6.07 Å². The summed E-state index contributed by atoms with van der Waals surface area (Å²) in [5, 5.41) is 11.8. The normalized spacial score (nSPS) is 11.4. The summed E-state index contributed by atoms with van der Waals surface area (Å²) < 4.78 is 5.05. The molecule has 4 nitrogen and oxygen atoms in total. The Morgan fingerprint density at radius 2 is 2.05 bits per heavy atom. The van der Waals surface area contributed by atoms with Crippen LogP contribution in [-0.4, -0.2) is 18.6 Å². The summed E-state index contributed by atoms with van der Waals surface area (Å²) in [6.07, 6.45) is 2.04. The maximum atomic E-state index is 11.8. The highest BCUT2D eigenvalue weighted by atomic mass is 16.5. The maximum Gasteiger partial charge on any atom is 0.328 e. The van der Waals surface area contributed by atoms with Gasteiger partial charge in [-0.15, -0.1) is 0 Å². The molecule has 0 aliphatic heterocycles. The minimum Gasteiger partial charge on any atom is -0.464 e. The Morgan fingerprint density at radius 1 is 1.37 bits per heavy atom. The Bertz CT molecular complexity index is 434. The molecule has 19 heavy (non-hydrogen) atoms. The zero-order valence-corrected chi connectivity index (χ0v) is 11.5. The van der Waals surface area contributed by atoms with Crippen molar-refractivity contribution in [2.45, 2.75) is 39.2 Å². The lowest BCUT2D eigenvalue weighted by atomic mass is 10.1. The van der Waals surface area contributed by atoms with E-state index in [-0.39, 0.29) is 12.0 Å². The predicted octanol–water partition coefficient (Wildman–Crippen LogP) is 2.90. The van der Waals surface area contributed by atoms with Crippen LogP contribution in [-0.2, 0) is 16.0 Å². The smallest absolute Gasteiger partial charge is 0.328 e. The van der Waals surface area contributed by atoms with Crippen molar-refractivity contribution >= 4 is 11.7 Å². The number of carbonyl (C=O) groups is 1. The number of nitriles is 1. The van der Waals surface area contributed by atoms with Gasteiger partial charge in [0.1, 0.15) is 6.04 Å². The van der Waals surface area contributed by atoms with Gasteiger partial charge < -0.3 is 10.1 Å². The molecule has 1 unspecified atom stereocenters. The third kappa shape index (κ3) is 5.01. The number of nitrogens with zero attached hydrogens (tertiary/aromatic N) is 1. The number of hydrogen-bond acceptors (Lipinski definition) is 4. The van der Waals surface area contributed by atoms with Crippen molar-refractivity contribution in [2.24, 2.45) is 0 Å². The average molecular weight is 260 g/mol. The lowest BCUT2D eigenvalue weighted by Gasteiger charge is -2.17. The maximum absolute atomic E-state index is 11.8. The topological polar surface area (TPSA) is 62.1 Å². The van der Waals surface area contributed by atoms with E-state index in [1.807, 2.05) is 31.2 Å². The molecule has 1 atom stereocenters. The standard InChI is InChI=1S/C15H20N2O2/c1-3-5-14(15(18)19-4-2)17-13-8-6-12(7-9-13)10-11-16/h6-9,14,17H,3-5,10H2,1-2H3. The number of ether oxygens (including phenoxy) is 1. The van der Waals surface area contributed by atoms with E-state index < -0.39 is 0 Å². The molecule has 0 aliphatic rings. The van der Waals surface area contributed by atoms with Crippen molar-refractivity contribution in [1.29, 1.82) is 5.26 Å². The Morgan fingerprint density at radius 3 is 2.58 bits per heavy atom. The monoisotopic (exact) mass is 260 g/mol. The van der Waals surface area contributed by atoms with Crippen LogP contribution in [0.3, 0.4) is 0 Å². The van der Waals surface area contributed by atoms with Crippen LogP contribution < -0.4 is 5.32 Å². The highest BCUT2D eigenvalue weighted by Crippen LogP contribution is 2.14. The molecule has 1 rings (SSSR count). The van der Waals surface area contributed by atoms with Gasteiger partial charge >= 0.3 is 5.97 Å². The summed E-state index contributed by atoms with van der Waals surface area (Å²) in [6.45, 7) is 4.23. The number of nitrogens with one attached hydrogen (secondary N) is 1. The second kappa shape index (κ2) is 8.15. The van der Waals surface area contributed by atoms with Crippen LogP contribution in [0.25, 0.3) is 0 Å². The van der Waals surface area contributed by atoms with E-state index in [2.05, 4.69) is 11.4 Å². The summed E-state index contributed by atoms with van der Waals surface area (Å²) in [5.41, 5.74) is 1.84. The van der Waals surface area contributed by atoms with Gasteiger partial charge in [-0.3, -0.25) is 0 Å². The number of carbonyl (C=O) groups excluding carboxylic acids is 1. The first-order chi connectivity index (χ1) is 9.21. The molecule has 0 saturated heterocycles. The minimum atomic E-state index is -0.313. The quantitative estimate of drug-likeness (QED) is 0.766. The highest BCUT2D eigenvalue weighted by Gasteiger charge is 2.18. The molecule has 1 N–H and O–H groups in total. The molecule has 0 aromatic heterocycles. The largest absolute Gasteiger partial charge is 0.464 e. The molecule has 0 heterocycles. The van der Waals surface area contributed by atoms with Gasteiger partial charge in [0.25, 0.3) is 0 Å². The SMILES string of the molecule is CCCC(Nc1ccc(CC#N)cc1)C(=O)OCC. The molecule has 0 radical (unpaired) electrons. The lowest BCUT2D eigenvalue weighted by Crippen LogP contribution is -2.31. The van der Waals surface area contributed by atoms with Crippen LogP contribution in [0.5, 0.6) is 0 Å². The molecule has 0 saturated carbocycles. The summed E-state index contributed by atoms with van der Waals surface area (Å²) in [6, 6.07) is 9.34. The zero-order valence-electron chi connectivity index (χ0n) is 11.5. The van der Waals surface area contributed by atoms with E-state index >= 15 is 0 Å². The molecule has 0 bridgehead atoms. The number of rotatable bonds is 7.